The molecule has 0 saturated heterocycles. The molecule has 132 valence electrons. The van der Waals surface area contributed by atoms with Crippen LogP contribution in [0.3, 0.4) is 0 Å². The molecule has 3 aromatic rings. The number of ether oxygens (including phenoxy) is 1. The van der Waals surface area contributed by atoms with E-state index in [0.29, 0.717) is 12.3 Å². The van der Waals surface area contributed by atoms with E-state index in [9.17, 15) is 9.90 Å². The van der Waals surface area contributed by atoms with Crippen molar-refractivity contribution in [3.8, 4) is 17.1 Å². The number of aromatic nitrogens is 2. The Kier molecular flexibility index (Phi) is 3.99. The van der Waals surface area contributed by atoms with Gasteiger partial charge in [-0.25, -0.2) is 4.98 Å². The Bertz CT molecular complexity index is 1030. The number of pyridine rings is 1. The number of fused-ring (bicyclic) bond motifs is 5. The van der Waals surface area contributed by atoms with Gasteiger partial charge < -0.3 is 14.4 Å². The second kappa shape index (κ2) is 6.33. The number of rotatable bonds is 5. The zero-order valence-corrected chi connectivity index (χ0v) is 14.8. The van der Waals surface area contributed by atoms with Crippen LogP contribution < -0.4 is 4.74 Å². The molecule has 0 fully saturated rings. The van der Waals surface area contributed by atoms with Crippen molar-refractivity contribution in [2.75, 3.05) is 7.11 Å². The zero-order chi connectivity index (χ0) is 18.3. The normalized spacial score (nSPS) is 13.8. The predicted octanol–water partition coefficient (Wildman–Crippen LogP) is 4.20. The third-order valence-electron chi connectivity index (χ3n) is 4.98. The summed E-state index contributed by atoms with van der Waals surface area (Å²) < 4.78 is 7.54. The van der Waals surface area contributed by atoms with Gasteiger partial charge in [0.05, 0.1) is 24.2 Å². The maximum absolute atomic E-state index is 11.4. The molecule has 5 heteroatoms. The highest BCUT2D eigenvalue weighted by Crippen LogP contribution is 2.41. The summed E-state index contributed by atoms with van der Waals surface area (Å²) in [5.41, 5.74) is 6.34. The highest BCUT2D eigenvalue weighted by Gasteiger charge is 2.26. The van der Waals surface area contributed by atoms with Crippen LogP contribution in [0, 0.1) is 5.92 Å². The number of carboxylic acid groups (broad SMARTS) is 1. The quantitative estimate of drug-likeness (QED) is 0.587. The molecule has 0 bridgehead atoms. The Morgan fingerprint density at radius 3 is 2.88 bits per heavy atom. The molecule has 1 aromatic carbocycles. The van der Waals surface area contributed by atoms with Gasteiger partial charge in [-0.3, -0.25) is 4.79 Å². The first-order valence-corrected chi connectivity index (χ1v) is 8.70. The van der Waals surface area contributed by atoms with E-state index < -0.39 is 11.9 Å². The Hall–Kier alpha value is -3.08. The van der Waals surface area contributed by atoms with Gasteiger partial charge in [0.15, 0.2) is 0 Å². The molecule has 0 amide bonds. The van der Waals surface area contributed by atoms with E-state index >= 15 is 0 Å². The summed E-state index contributed by atoms with van der Waals surface area (Å²) in [6.45, 7) is 2.67. The number of methoxy groups -OCH3 is 1. The number of nitrogens with zero attached hydrogens (tertiary/aromatic N) is 2. The average Bonchev–Trinajstić information content (AvgIpc) is 3.17. The Labute approximate surface area is 151 Å². The van der Waals surface area contributed by atoms with E-state index in [1.807, 2.05) is 37.3 Å². The molecule has 4 rings (SSSR count). The van der Waals surface area contributed by atoms with E-state index in [4.69, 9.17) is 4.74 Å². The lowest BCUT2D eigenvalue weighted by Gasteiger charge is -2.04. The van der Waals surface area contributed by atoms with Crippen molar-refractivity contribution in [1.82, 2.24) is 9.55 Å². The number of carbonyl (C=O) groups is 1. The Morgan fingerprint density at radius 2 is 2.15 bits per heavy atom. The third-order valence-corrected chi connectivity index (χ3v) is 4.98. The molecule has 26 heavy (non-hydrogen) atoms. The number of carboxylic acids is 1. The van der Waals surface area contributed by atoms with Crippen molar-refractivity contribution in [2.45, 2.75) is 19.9 Å². The van der Waals surface area contributed by atoms with Gasteiger partial charge in [0.1, 0.15) is 5.52 Å². The van der Waals surface area contributed by atoms with E-state index in [2.05, 4.69) is 21.7 Å². The van der Waals surface area contributed by atoms with Crippen molar-refractivity contribution in [2.24, 2.45) is 5.92 Å². The first-order chi connectivity index (χ1) is 12.6. The van der Waals surface area contributed by atoms with Gasteiger partial charge in [0.2, 0.25) is 5.88 Å². The van der Waals surface area contributed by atoms with Crippen LogP contribution in [0.4, 0.5) is 0 Å². The first kappa shape index (κ1) is 16.4. The van der Waals surface area contributed by atoms with Crippen LogP contribution >= 0.6 is 0 Å². The van der Waals surface area contributed by atoms with Crippen molar-refractivity contribution >= 4 is 23.1 Å². The maximum atomic E-state index is 11.4. The molecule has 1 atom stereocenters. The predicted molar refractivity (Wildman–Crippen MR) is 101 cm³/mol. The Balaban J connectivity index is 1.95. The molecule has 1 aliphatic rings. The van der Waals surface area contributed by atoms with E-state index in [1.165, 1.54) is 11.1 Å². The fraction of sp³-hybridized carbons (Fsp3) is 0.238. The molecular weight excluding hydrogens is 328 g/mol. The van der Waals surface area contributed by atoms with Gasteiger partial charge in [0.25, 0.3) is 0 Å². The zero-order valence-electron chi connectivity index (χ0n) is 14.8. The van der Waals surface area contributed by atoms with Crippen molar-refractivity contribution in [3.05, 3.63) is 53.6 Å². The second-order valence-electron chi connectivity index (χ2n) is 6.44. The standard InChI is InChI=1S/C21H20N2O3/c1-3-13(21(24)25)8-9-16-19-17(10-11-18(22-19)26-2)23-12-14-6-4-5-7-15(14)20(16)23/h4-11,13H,3,12H2,1-2H3,(H,24,25)/b9-8+. The van der Waals surface area contributed by atoms with Crippen LogP contribution in [0.5, 0.6) is 5.88 Å². The molecule has 0 spiro atoms. The highest BCUT2D eigenvalue weighted by atomic mass is 16.5. The van der Waals surface area contributed by atoms with Gasteiger partial charge in [-0.1, -0.05) is 43.3 Å². The summed E-state index contributed by atoms with van der Waals surface area (Å²) in [4.78, 5) is 16.0. The molecule has 0 radical (unpaired) electrons. The summed E-state index contributed by atoms with van der Waals surface area (Å²) in [6, 6.07) is 12.2. The molecule has 2 aromatic heterocycles. The van der Waals surface area contributed by atoms with Crippen molar-refractivity contribution < 1.29 is 14.6 Å². The van der Waals surface area contributed by atoms with Gasteiger partial charge >= 0.3 is 5.97 Å². The third kappa shape index (κ3) is 2.47. The van der Waals surface area contributed by atoms with E-state index in [1.54, 1.807) is 13.2 Å². The molecular formula is C21H20N2O3. The van der Waals surface area contributed by atoms with Gasteiger partial charge in [-0.2, -0.15) is 0 Å². The molecule has 5 nitrogen and oxygen atoms in total. The smallest absolute Gasteiger partial charge is 0.310 e. The van der Waals surface area contributed by atoms with Crippen LogP contribution in [0.1, 0.15) is 24.5 Å². The minimum Gasteiger partial charge on any atom is -0.481 e. The van der Waals surface area contributed by atoms with E-state index in [-0.39, 0.29) is 0 Å². The van der Waals surface area contributed by atoms with Crippen LogP contribution in [-0.2, 0) is 11.3 Å². The van der Waals surface area contributed by atoms with Gasteiger partial charge in [-0.15, -0.1) is 0 Å². The van der Waals surface area contributed by atoms with Crippen molar-refractivity contribution in [1.29, 1.82) is 0 Å². The molecule has 0 aliphatic carbocycles. The molecule has 3 heterocycles. The monoisotopic (exact) mass is 348 g/mol. The minimum absolute atomic E-state index is 0.511. The molecule has 1 N–H and O–H groups in total. The molecule has 1 unspecified atom stereocenters. The largest absolute Gasteiger partial charge is 0.481 e. The molecule has 1 aliphatic heterocycles. The number of hydrogen-bond donors (Lipinski definition) is 1. The lowest BCUT2D eigenvalue weighted by molar-refractivity contribution is -0.140. The summed E-state index contributed by atoms with van der Waals surface area (Å²) in [7, 11) is 1.60. The number of aliphatic carboxylic acids is 1. The van der Waals surface area contributed by atoms with E-state index in [0.717, 1.165) is 28.8 Å². The SMILES string of the molecule is CCC(/C=C/c1c2n(c3ccc(OC)nc13)Cc1ccccc1-2)C(=O)O. The minimum atomic E-state index is -0.810. The summed E-state index contributed by atoms with van der Waals surface area (Å²) in [6.07, 6.45) is 4.22. The highest BCUT2D eigenvalue weighted by molar-refractivity contribution is 5.97. The Morgan fingerprint density at radius 1 is 1.35 bits per heavy atom. The van der Waals surface area contributed by atoms with Crippen molar-refractivity contribution in [3.63, 3.8) is 0 Å². The number of benzene rings is 1. The van der Waals surface area contributed by atoms with Crippen LogP contribution in [-0.4, -0.2) is 27.7 Å². The summed E-state index contributed by atoms with van der Waals surface area (Å²) >= 11 is 0. The van der Waals surface area contributed by atoms with Gasteiger partial charge in [0, 0.05) is 23.7 Å². The maximum Gasteiger partial charge on any atom is 0.310 e. The number of hydrogen-bond acceptors (Lipinski definition) is 3. The lowest BCUT2D eigenvalue weighted by atomic mass is 10.0. The molecule has 0 saturated carbocycles. The van der Waals surface area contributed by atoms with Crippen LogP contribution in [0.2, 0.25) is 0 Å². The average molecular weight is 348 g/mol. The van der Waals surface area contributed by atoms with Gasteiger partial charge in [-0.05, 0) is 18.1 Å². The first-order valence-electron chi connectivity index (χ1n) is 8.70. The fourth-order valence-electron chi connectivity index (χ4n) is 3.62. The van der Waals surface area contributed by atoms with Crippen LogP contribution in [0.15, 0.2) is 42.5 Å². The lowest BCUT2D eigenvalue weighted by Crippen LogP contribution is -2.09. The topological polar surface area (TPSA) is 64.4 Å². The fourth-order valence-corrected chi connectivity index (χ4v) is 3.62. The summed E-state index contributed by atoms with van der Waals surface area (Å²) in [5, 5.41) is 9.36. The van der Waals surface area contributed by atoms with Crippen LogP contribution in [0.25, 0.3) is 28.4 Å². The second-order valence-corrected chi connectivity index (χ2v) is 6.44. The summed E-state index contributed by atoms with van der Waals surface area (Å²) in [5.74, 6) is -0.771.